The molecule has 2 aromatic carbocycles. The number of benzene rings is 2. The number of hydrogen-bond donors (Lipinski definition) is 4. The van der Waals surface area contributed by atoms with Gasteiger partial charge in [-0.05, 0) is 47.5 Å². The molecule has 0 unspecified atom stereocenters. The number of phenolic OH excluding ortho intramolecular Hbond substituents is 1. The fourth-order valence-corrected chi connectivity index (χ4v) is 3.99. The summed E-state index contributed by atoms with van der Waals surface area (Å²) in [5, 5.41) is 24.0. The van der Waals surface area contributed by atoms with Crippen molar-refractivity contribution in [2.45, 2.75) is 9.79 Å². The Morgan fingerprint density at radius 3 is 2.36 bits per heavy atom. The van der Waals surface area contributed by atoms with Gasteiger partial charge in [-0.2, -0.15) is 23.4 Å². The van der Waals surface area contributed by atoms with Crippen molar-refractivity contribution in [1.29, 1.82) is 0 Å². The summed E-state index contributed by atoms with van der Waals surface area (Å²) in [6.07, 6.45) is 0. The van der Waals surface area contributed by atoms with E-state index in [1.54, 1.807) is 0 Å². The van der Waals surface area contributed by atoms with E-state index in [-0.39, 0.29) is 43.6 Å². The number of fused-ring (bicyclic) bond motifs is 1. The fraction of sp³-hybridized carbons (Fsp3) is 0. The van der Waals surface area contributed by atoms with E-state index in [1.807, 2.05) is 0 Å². The summed E-state index contributed by atoms with van der Waals surface area (Å²) >= 11 is 11.9. The van der Waals surface area contributed by atoms with E-state index in [0.29, 0.717) is 12.0 Å². The van der Waals surface area contributed by atoms with E-state index in [1.165, 1.54) is 24.3 Å². The minimum Gasteiger partial charge on any atom is -0.507 e. The standard InChI is InChI=1S/C13H8Cl2N4O7S2/c14-11-17-12(15)19-13(18-11)16-8-2-1-6-7(10(8)28(22,23)24)3-5(4-9(6)20)27-26-25-21/h1-4,20-21H,(H,22,23,24)(H,16,17,18,19). The summed E-state index contributed by atoms with van der Waals surface area (Å²) < 4.78 is 38.1. The molecule has 1 aromatic heterocycles. The molecule has 0 saturated heterocycles. The van der Waals surface area contributed by atoms with E-state index in [2.05, 4.69) is 29.6 Å². The number of halogens is 2. The van der Waals surface area contributed by atoms with Gasteiger partial charge in [0.05, 0.1) is 17.7 Å². The first kappa shape index (κ1) is 20.8. The number of anilines is 2. The van der Waals surface area contributed by atoms with E-state index >= 15 is 0 Å². The molecule has 15 heteroatoms. The van der Waals surface area contributed by atoms with Crippen molar-refractivity contribution < 1.29 is 32.7 Å². The normalized spacial score (nSPS) is 11.7. The molecule has 1 heterocycles. The van der Waals surface area contributed by atoms with Crippen LogP contribution >= 0.6 is 35.2 Å². The molecule has 148 valence electrons. The van der Waals surface area contributed by atoms with E-state index < -0.39 is 15.0 Å². The van der Waals surface area contributed by atoms with Crippen molar-refractivity contribution in [3.63, 3.8) is 0 Å². The van der Waals surface area contributed by atoms with Gasteiger partial charge < -0.3 is 10.4 Å². The number of rotatable bonds is 6. The van der Waals surface area contributed by atoms with Gasteiger partial charge in [0.15, 0.2) is 0 Å². The number of nitrogens with zero attached hydrogens (tertiary/aromatic N) is 3. The second-order valence-corrected chi connectivity index (χ2v) is 7.81. The number of nitrogens with one attached hydrogen (secondary N) is 1. The third kappa shape index (κ3) is 4.53. The number of hydrogen-bond acceptors (Lipinski definition) is 11. The quantitative estimate of drug-likeness (QED) is 0.181. The fourth-order valence-electron chi connectivity index (χ4n) is 2.34. The Morgan fingerprint density at radius 1 is 1.07 bits per heavy atom. The summed E-state index contributed by atoms with van der Waals surface area (Å²) in [5.41, 5.74) is -0.130. The first-order valence-electron chi connectivity index (χ1n) is 6.95. The Morgan fingerprint density at radius 2 is 1.75 bits per heavy atom. The summed E-state index contributed by atoms with van der Waals surface area (Å²) in [6.45, 7) is 0. The lowest BCUT2D eigenvalue weighted by atomic mass is 10.1. The van der Waals surface area contributed by atoms with Crippen molar-refractivity contribution in [3.8, 4) is 5.75 Å². The molecule has 0 atom stereocenters. The molecular formula is C13H8Cl2N4O7S2. The van der Waals surface area contributed by atoms with Gasteiger partial charge in [0, 0.05) is 15.7 Å². The van der Waals surface area contributed by atoms with Gasteiger partial charge in [-0.1, -0.05) is 5.04 Å². The van der Waals surface area contributed by atoms with Crippen LogP contribution in [0.2, 0.25) is 10.6 Å². The summed E-state index contributed by atoms with van der Waals surface area (Å²) in [5.74, 6) is -0.495. The second-order valence-electron chi connectivity index (χ2n) is 5.00. The van der Waals surface area contributed by atoms with Crippen molar-refractivity contribution in [1.82, 2.24) is 15.0 Å². The smallest absolute Gasteiger partial charge is 0.297 e. The van der Waals surface area contributed by atoms with Gasteiger partial charge in [-0.3, -0.25) is 4.55 Å². The highest BCUT2D eigenvalue weighted by molar-refractivity contribution is 7.94. The topological polar surface area (TPSA) is 164 Å². The Labute approximate surface area is 171 Å². The molecule has 0 saturated carbocycles. The van der Waals surface area contributed by atoms with Crippen LogP contribution < -0.4 is 5.32 Å². The molecule has 0 fully saturated rings. The molecule has 0 spiro atoms. The zero-order chi connectivity index (χ0) is 20.5. The molecule has 0 radical (unpaired) electrons. The molecule has 3 rings (SSSR count). The van der Waals surface area contributed by atoms with Gasteiger partial charge in [-0.15, -0.1) is 4.33 Å². The van der Waals surface area contributed by atoms with Crippen LogP contribution in [0.25, 0.3) is 10.8 Å². The first-order valence-corrected chi connectivity index (χ1v) is 9.89. The van der Waals surface area contributed by atoms with Crippen molar-refractivity contribution in [3.05, 3.63) is 34.8 Å². The SMILES string of the molecule is O=S(=O)(O)c1c(Nc2nc(Cl)nc(Cl)n2)ccc2c(O)cc(SOOO)cc12. The zero-order valence-corrected chi connectivity index (χ0v) is 16.3. The third-order valence-corrected chi connectivity index (χ3v) is 5.13. The average molecular weight is 467 g/mol. The number of phenols is 1. The van der Waals surface area contributed by atoms with Gasteiger partial charge >= 0.3 is 0 Å². The molecule has 28 heavy (non-hydrogen) atoms. The zero-order valence-electron chi connectivity index (χ0n) is 13.2. The largest absolute Gasteiger partial charge is 0.507 e. The van der Waals surface area contributed by atoms with Gasteiger partial charge in [0.2, 0.25) is 16.5 Å². The average Bonchev–Trinajstić information content (AvgIpc) is 2.57. The molecule has 0 aliphatic carbocycles. The lowest BCUT2D eigenvalue weighted by Gasteiger charge is -2.13. The highest BCUT2D eigenvalue weighted by atomic mass is 35.5. The van der Waals surface area contributed by atoms with Crippen LogP contribution in [0.3, 0.4) is 0 Å². The van der Waals surface area contributed by atoms with Crippen molar-refractivity contribution >= 4 is 67.8 Å². The van der Waals surface area contributed by atoms with E-state index in [4.69, 9.17) is 28.5 Å². The first-order chi connectivity index (χ1) is 13.2. The minimum atomic E-state index is -4.80. The highest BCUT2D eigenvalue weighted by Crippen LogP contribution is 2.39. The van der Waals surface area contributed by atoms with Crippen molar-refractivity contribution in [2.24, 2.45) is 0 Å². The monoisotopic (exact) mass is 466 g/mol. The summed E-state index contributed by atoms with van der Waals surface area (Å²) in [7, 11) is -4.80. The molecule has 0 amide bonds. The molecule has 11 nitrogen and oxygen atoms in total. The predicted molar refractivity (Wildman–Crippen MR) is 99.2 cm³/mol. The third-order valence-electron chi connectivity index (χ3n) is 3.28. The van der Waals surface area contributed by atoms with Gasteiger partial charge in [-0.25, -0.2) is 5.26 Å². The number of aromatic nitrogens is 3. The summed E-state index contributed by atoms with van der Waals surface area (Å²) in [6, 6.07) is 5.18. The van der Waals surface area contributed by atoms with Crippen LogP contribution in [0.4, 0.5) is 11.6 Å². The van der Waals surface area contributed by atoms with Gasteiger partial charge in [0.25, 0.3) is 10.1 Å². The maximum atomic E-state index is 12.1. The minimum absolute atomic E-state index is 0.0669. The van der Waals surface area contributed by atoms with Crippen molar-refractivity contribution in [2.75, 3.05) is 5.32 Å². The second kappa shape index (κ2) is 8.18. The Kier molecular flexibility index (Phi) is 6.07. The van der Waals surface area contributed by atoms with Crippen LogP contribution in [0, 0.1) is 0 Å². The molecule has 4 N–H and O–H groups in total. The molecular weight excluding hydrogens is 459 g/mol. The molecule has 0 aliphatic rings. The predicted octanol–water partition coefficient (Wildman–Crippen LogP) is 3.46. The lowest BCUT2D eigenvalue weighted by Crippen LogP contribution is -2.07. The maximum Gasteiger partial charge on any atom is 0.297 e. The molecule has 0 bridgehead atoms. The molecule has 3 aromatic rings. The van der Waals surface area contributed by atoms with Gasteiger partial charge in [0.1, 0.15) is 10.6 Å². The Balaban J connectivity index is 2.22. The Hall–Kier alpha value is -1.97. The summed E-state index contributed by atoms with van der Waals surface area (Å²) in [4.78, 5) is 10.7. The molecule has 0 aliphatic heterocycles. The van der Waals surface area contributed by atoms with E-state index in [9.17, 15) is 18.1 Å². The number of aromatic hydroxyl groups is 1. The maximum absolute atomic E-state index is 12.1. The van der Waals surface area contributed by atoms with Crippen LogP contribution in [0.5, 0.6) is 5.75 Å². The lowest BCUT2D eigenvalue weighted by molar-refractivity contribution is -0.432. The highest BCUT2D eigenvalue weighted by Gasteiger charge is 2.22. The Bertz CT molecular complexity index is 1140. The van der Waals surface area contributed by atoms with Crippen LogP contribution in [0.1, 0.15) is 0 Å². The van der Waals surface area contributed by atoms with Crippen LogP contribution in [-0.4, -0.2) is 38.3 Å². The van der Waals surface area contributed by atoms with Crippen LogP contribution in [-0.2, 0) is 19.5 Å². The van der Waals surface area contributed by atoms with E-state index in [0.717, 1.165) is 0 Å². The van der Waals surface area contributed by atoms with Crippen LogP contribution in [0.15, 0.2) is 34.1 Å².